The highest BCUT2D eigenvalue weighted by Gasteiger charge is 2.25. The van der Waals surface area contributed by atoms with Crippen LogP contribution in [0, 0.1) is 0 Å². The lowest BCUT2D eigenvalue weighted by atomic mass is 10.2. The molecular weight excluding hydrogens is 188 g/mol. The third-order valence-corrected chi connectivity index (χ3v) is 3.56. The first-order valence-electron chi connectivity index (χ1n) is 3.22. The highest BCUT2D eigenvalue weighted by atomic mass is 35.5. The molecule has 68 valence electrons. The van der Waals surface area contributed by atoms with Crippen molar-refractivity contribution in [2.45, 2.75) is 12.5 Å². The first-order valence-corrected chi connectivity index (χ1v) is 4.83. The van der Waals surface area contributed by atoms with Crippen molar-refractivity contribution in [1.29, 1.82) is 0 Å². The predicted molar refractivity (Wildman–Crippen MR) is 46.3 cm³/mol. The van der Waals surface area contributed by atoms with Crippen LogP contribution < -0.4 is 5.73 Å². The molecule has 0 aromatic carbocycles. The maximum absolute atomic E-state index is 11.0. The lowest BCUT2D eigenvalue weighted by Gasteiger charge is -2.26. The molecule has 1 aliphatic heterocycles. The van der Waals surface area contributed by atoms with Crippen molar-refractivity contribution in [3.8, 4) is 0 Å². The monoisotopic (exact) mass is 200 g/mol. The standard InChI is InChI=1S/C5H12N2O2S.ClH/c1-7-4-5(6)2-3-10(7,8)9;/h5H,2-4,6H2,1H3;1H. The second-order valence-electron chi connectivity index (χ2n) is 2.65. The van der Waals surface area contributed by atoms with Crippen molar-refractivity contribution in [2.75, 3.05) is 19.3 Å². The van der Waals surface area contributed by atoms with Crippen LogP contribution in [0.2, 0.25) is 0 Å². The number of nitrogens with two attached hydrogens (primary N) is 1. The molecule has 2 N–H and O–H groups in total. The van der Waals surface area contributed by atoms with Gasteiger partial charge in [-0.25, -0.2) is 12.7 Å². The van der Waals surface area contributed by atoms with Crippen LogP contribution in [0.4, 0.5) is 0 Å². The first-order chi connectivity index (χ1) is 4.52. The van der Waals surface area contributed by atoms with Crippen LogP contribution in [0.3, 0.4) is 0 Å². The Labute approximate surface area is 73.2 Å². The predicted octanol–water partition coefficient (Wildman–Crippen LogP) is -0.599. The van der Waals surface area contributed by atoms with E-state index >= 15 is 0 Å². The number of hydrogen-bond donors (Lipinski definition) is 1. The smallest absolute Gasteiger partial charge is 0.213 e. The normalized spacial score (nSPS) is 30.9. The molecule has 0 spiro atoms. The van der Waals surface area contributed by atoms with Gasteiger partial charge in [0.25, 0.3) is 0 Å². The van der Waals surface area contributed by atoms with Crippen LogP contribution in [-0.4, -0.2) is 38.1 Å². The molecule has 6 heteroatoms. The Morgan fingerprint density at radius 3 is 2.45 bits per heavy atom. The Balaban J connectivity index is 0.000001000. The second-order valence-corrected chi connectivity index (χ2v) is 4.84. The fourth-order valence-corrected chi connectivity index (χ4v) is 2.32. The molecule has 0 bridgehead atoms. The van der Waals surface area contributed by atoms with Crippen LogP contribution >= 0.6 is 12.4 Å². The Hall–Kier alpha value is 0.160. The van der Waals surface area contributed by atoms with Gasteiger partial charge in [0.05, 0.1) is 5.75 Å². The second kappa shape index (κ2) is 3.71. The van der Waals surface area contributed by atoms with Gasteiger partial charge in [0.1, 0.15) is 0 Å². The van der Waals surface area contributed by atoms with E-state index in [1.165, 1.54) is 4.31 Å². The molecule has 1 rings (SSSR count). The number of nitrogens with zero attached hydrogens (tertiary/aromatic N) is 1. The number of hydrogen-bond acceptors (Lipinski definition) is 3. The van der Waals surface area contributed by atoms with E-state index in [1.807, 2.05) is 0 Å². The fraction of sp³-hybridized carbons (Fsp3) is 1.00. The quantitative estimate of drug-likeness (QED) is 0.568. The molecule has 0 aliphatic carbocycles. The Kier molecular flexibility index (Phi) is 3.76. The molecule has 0 radical (unpaired) electrons. The topological polar surface area (TPSA) is 63.4 Å². The maximum Gasteiger partial charge on any atom is 0.213 e. The van der Waals surface area contributed by atoms with E-state index in [-0.39, 0.29) is 24.2 Å². The Morgan fingerprint density at radius 2 is 2.09 bits per heavy atom. The van der Waals surface area contributed by atoms with Gasteiger partial charge in [-0.2, -0.15) is 0 Å². The first kappa shape index (κ1) is 11.2. The zero-order valence-electron chi connectivity index (χ0n) is 6.36. The summed E-state index contributed by atoms with van der Waals surface area (Å²) in [7, 11) is -1.38. The van der Waals surface area contributed by atoms with Crippen molar-refractivity contribution in [2.24, 2.45) is 5.73 Å². The van der Waals surface area contributed by atoms with Crippen LogP contribution in [0.25, 0.3) is 0 Å². The maximum atomic E-state index is 11.0. The van der Waals surface area contributed by atoms with Crippen LogP contribution in [0.15, 0.2) is 0 Å². The van der Waals surface area contributed by atoms with E-state index < -0.39 is 10.0 Å². The van der Waals surface area contributed by atoms with E-state index in [2.05, 4.69) is 0 Å². The van der Waals surface area contributed by atoms with E-state index in [0.717, 1.165) is 0 Å². The average Bonchev–Trinajstić information content (AvgIpc) is 1.81. The van der Waals surface area contributed by atoms with E-state index in [1.54, 1.807) is 7.05 Å². The summed E-state index contributed by atoms with van der Waals surface area (Å²) in [6.45, 7) is 0.461. The summed E-state index contributed by atoms with van der Waals surface area (Å²) in [4.78, 5) is 0. The van der Waals surface area contributed by atoms with Crippen LogP contribution in [0.1, 0.15) is 6.42 Å². The van der Waals surface area contributed by atoms with Gasteiger partial charge in [0, 0.05) is 19.6 Å². The van der Waals surface area contributed by atoms with Gasteiger partial charge in [-0.3, -0.25) is 0 Å². The van der Waals surface area contributed by atoms with Crippen molar-refractivity contribution < 1.29 is 8.42 Å². The van der Waals surface area contributed by atoms with Gasteiger partial charge in [-0.1, -0.05) is 0 Å². The highest BCUT2D eigenvalue weighted by Crippen LogP contribution is 2.09. The number of likely N-dealkylation sites (N-methyl/N-ethyl adjacent to an activating group) is 1. The minimum Gasteiger partial charge on any atom is -0.326 e. The minimum atomic E-state index is -2.94. The van der Waals surface area contributed by atoms with Crippen molar-refractivity contribution in [3.63, 3.8) is 0 Å². The lowest BCUT2D eigenvalue weighted by Crippen LogP contribution is -2.45. The highest BCUT2D eigenvalue weighted by molar-refractivity contribution is 7.89. The molecule has 1 heterocycles. The summed E-state index contributed by atoms with van der Waals surface area (Å²) in [5, 5.41) is 0. The van der Waals surface area contributed by atoms with Crippen molar-refractivity contribution in [3.05, 3.63) is 0 Å². The van der Waals surface area contributed by atoms with Gasteiger partial charge >= 0.3 is 0 Å². The van der Waals surface area contributed by atoms with Gasteiger partial charge in [0.2, 0.25) is 10.0 Å². The molecule has 1 fully saturated rings. The summed E-state index contributed by atoms with van der Waals surface area (Å²) >= 11 is 0. The van der Waals surface area contributed by atoms with Gasteiger partial charge < -0.3 is 5.73 Å². The SMILES string of the molecule is CN1CC(N)CCS1(=O)=O.Cl. The molecule has 0 aromatic rings. The number of rotatable bonds is 0. The van der Waals surface area contributed by atoms with E-state index in [4.69, 9.17) is 5.73 Å². The summed E-state index contributed by atoms with van der Waals surface area (Å²) in [5.74, 6) is 0.199. The molecule has 1 saturated heterocycles. The lowest BCUT2D eigenvalue weighted by molar-refractivity contribution is 0.402. The third-order valence-electron chi connectivity index (χ3n) is 1.71. The third kappa shape index (κ3) is 2.59. The van der Waals surface area contributed by atoms with Crippen LogP contribution in [-0.2, 0) is 10.0 Å². The van der Waals surface area contributed by atoms with Crippen molar-refractivity contribution >= 4 is 22.4 Å². The summed E-state index contributed by atoms with van der Waals surface area (Å²) in [5.41, 5.74) is 5.54. The fourth-order valence-electron chi connectivity index (χ4n) is 0.991. The van der Waals surface area contributed by atoms with Crippen molar-refractivity contribution in [1.82, 2.24) is 4.31 Å². The molecule has 1 aliphatic rings. The molecule has 4 nitrogen and oxygen atoms in total. The Morgan fingerprint density at radius 1 is 1.55 bits per heavy atom. The average molecular weight is 201 g/mol. The minimum absolute atomic E-state index is 0. The van der Waals surface area contributed by atoms with Crippen LogP contribution in [0.5, 0.6) is 0 Å². The number of halogens is 1. The molecule has 1 atom stereocenters. The molecular formula is C5H13ClN2O2S. The van der Waals surface area contributed by atoms with E-state index in [0.29, 0.717) is 13.0 Å². The van der Waals surface area contributed by atoms with Gasteiger partial charge in [0.15, 0.2) is 0 Å². The van der Waals surface area contributed by atoms with E-state index in [9.17, 15) is 8.42 Å². The van der Waals surface area contributed by atoms with Gasteiger partial charge in [-0.05, 0) is 6.42 Å². The molecule has 11 heavy (non-hydrogen) atoms. The Bertz CT molecular complexity index is 217. The summed E-state index contributed by atoms with van der Waals surface area (Å²) in [6.07, 6.45) is 0.590. The molecule has 0 aromatic heterocycles. The molecule has 0 amide bonds. The van der Waals surface area contributed by atoms with Gasteiger partial charge in [-0.15, -0.1) is 12.4 Å². The zero-order chi connectivity index (χ0) is 7.78. The largest absolute Gasteiger partial charge is 0.326 e. The zero-order valence-corrected chi connectivity index (χ0v) is 7.99. The molecule has 0 saturated carbocycles. The molecule has 1 unspecified atom stereocenters. The summed E-state index contributed by atoms with van der Waals surface area (Å²) < 4.78 is 23.3. The summed E-state index contributed by atoms with van der Waals surface area (Å²) in [6, 6.07) is 0.0218. The number of sulfonamides is 1.